The van der Waals surface area contributed by atoms with Gasteiger partial charge in [0.1, 0.15) is 23.1 Å². The number of benzene rings is 8. The van der Waals surface area contributed by atoms with E-state index in [-0.39, 0.29) is 179 Å². The number of thiazole rings is 2. The van der Waals surface area contributed by atoms with Crippen molar-refractivity contribution in [3.8, 4) is 56.8 Å². The van der Waals surface area contributed by atoms with E-state index in [1.165, 1.54) is 22.5 Å². The average molecular weight is 2000 g/mol. The predicted molar refractivity (Wildman–Crippen MR) is 501 cm³/mol. The van der Waals surface area contributed by atoms with Gasteiger partial charge < -0.3 is 53.4 Å². The molecule has 8 bridgehead atoms. The second-order valence-electron chi connectivity index (χ2n) is 28.4. The van der Waals surface area contributed by atoms with Gasteiger partial charge in [0.2, 0.25) is 5.13 Å². The second kappa shape index (κ2) is 52.6. The Balaban J connectivity index is 0.000000524. The first kappa shape index (κ1) is 119. The number of fused-ring (bicyclic) bond motifs is 22. The van der Waals surface area contributed by atoms with Crippen LogP contribution in [0.4, 0.5) is 39.6 Å². The van der Waals surface area contributed by atoms with Crippen molar-refractivity contribution in [3.05, 3.63) is 226 Å². The van der Waals surface area contributed by atoms with E-state index in [1.807, 2.05) is 229 Å². The molecule has 0 spiro atoms. The Morgan fingerprint density at radius 1 is 0.443 bits per heavy atom. The SMILES string of the molecule is CC.CC.CC.CC.CS(=O)(=O)[O-].CS(=O)(=O)[O-].CS(=O)(=O)[O-].CS(=O)(=O)[O-].Cc1cc(C)c(Nc2nc(N(c3nc4ccccc4s3)c3c(C)cc(C)cc3C)cc(C)c2N=Nc2c(C#N)c(C(C)(C)C)nn2-c2nc3ccccc3s2)c(C)c1.[Cu+2].[K+].[K+].[Na+].[Na+].c1ccc2c(c1)-c1nc-2nc2[n-]c(nc3nc(nc4[n-]c(n1)c1ccccc41)-c1ccccc1-3)c1ccccc21. The van der Waals surface area contributed by atoms with Gasteiger partial charge in [0, 0.05) is 81.0 Å². The Morgan fingerprint density at radius 3 is 1.11 bits per heavy atom. The molecule has 17 rings (SSSR count). The van der Waals surface area contributed by atoms with Crippen molar-refractivity contribution in [2.75, 3.05) is 35.2 Å². The molecule has 8 aromatic carbocycles. The summed E-state index contributed by atoms with van der Waals surface area (Å²) in [7, 11) is -15.7. The van der Waals surface area contributed by atoms with Crippen LogP contribution in [0.15, 0.2) is 186 Å². The van der Waals surface area contributed by atoms with E-state index < -0.39 is 45.9 Å². The van der Waals surface area contributed by atoms with Crippen LogP contribution in [0, 0.1) is 59.8 Å². The molecule has 30 nitrogen and oxygen atoms in total. The number of aromatic nitrogens is 13. The first-order valence-electron chi connectivity index (χ1n) is 39.6. The van der Waals surface area contributed by atoms with Crippen LogP contribution in [-0.4, -0.2) is 132 Å². The summed E-state index contributed by atoms with van der Waals surface area (Å²) in [4.78, 5) is 56.9. The van der Waals surface area contributed by atoms with Crippen molar-refractivity contribution >= 4 is 167 Å². The third-order valence-corrected chi connectivity index (χ3v) is 19.4. The van der Waals surface area contributed by atoms with Crippen molar-refractivity contribution in [1.82, 2.24) is 64.6 Å². The zero-order valence-electron chi connectivity index (χ0n) is 78.0. The topological polar surface area (TPSA) is 455 Å². The molecule has 0 aliphatic carbocycles. The van der Waals surface area contributed by atoms with Crippen LogP contribution in [0.5, 0.6) is 0 Å². The summed E-state index contributed by atoms with van der Waals surface area (Å²) in [5.41, 5.74) is 18.1. The molecule has 41 heteroatoms. The van der Waals surface area contributed by atoms with E-state index in [2.05, 4.69) is 88.2 Å². The Hall–Kier alpha value is -6.62. The van der Waals surface area contributed by atoms with Crippen molar-refractivity contribution in [1.29, 1.82) is 5.26 Å². The van der Waals surface area contributed by atoms with E-state index in [4.69, 9.17) is 122 Å². The first-order valence-corrected chi connectivity index (χ1v) is 48.5. The monoisotopic (exact) mass is 2000 g/mol. The molecular weight excluding hydrogens is 1910 g/mol. The van der Waals surface area contributed by atoms with Crippen LogP contribution in [0.2, 0.25) is 0 Å². The summed E-state index contributed by atoms with van der Waals surface area (Å²) < 4.78 is 113. The van der Waals surface area contributed by atoms with E-state index in [9.17, 15) is 5.26 Å². The fourth-order valence-electron chi connectivity index (χ4n) is 13.0. The number of rotatable bonds is 8. The quantitative estimate of drug-likeness (QED) is 0.0848. The molecule has 669 valence electrons. The van der Waals surface area contributed by atoms with Crippen molar-refractivity contribution < 1.29 is 231 Å². The number of pyridine rings is 1. The molecule has 131 heavy (non-hydrogen) atoms. The maximum Gasteiger partial charge on any atom is 2.00 e. The summed E-state index contributed by atoms with van der Waals surface area (Å²) in [6.07, 6.45) is 2.42. The minimum absolute atomic E-state index is 0. The standard InChI is InChI=1S/C46H44N10S2.C32H16N8.4C2H6.4CH4O3S.Cu.2K.2Na/c1-25-19-27(3)38(28(4)20-25)51-42-39(52-53-43-32(24-47)41(46(8,9)10)54-56(43)45-49-34-16-12-14-18-36(34)58-45)29(5)23-37(50-42)55(40-30(6)21-26(2)22-31(40)7)44-48-33-15-11-13-17-35(33)57-44;1-2-10-18-17(9-1)25-33-26(18)38-28-21-13-5-6-14-22(21)30(35-28)40-32-24-16-8-7-15-23(24)31(36-32)39-29-20-12-4-3-11-19(20)27(34-29)37-25;4*1-2;4*1-5(2,3)4;;;;;/h11-23H,1-10H3,(H,50,51);1-16H;4*1-2H3;4*1H3,(H,2,3,4);;;;;/q;-2;;;;;;;;;+2;4*+1/p-4. The van der Waals surface area contributed by atoms with Gasteiger partial charge in [-0.05, 0) is 128 Å². The average Bonchev–Trinajstić information content (AvgIpc) is 1.55. The molecule has 0 saturated heterocycles. The number of hydrogen-bond acceptors (Lipinski definition) is 29. The molecule has 0 atom stereocenters. The van der Waals surface area contributed by atoms with Crippen LogP contribution in [0.25, 0.3) is 115 Å². The molecule has 0 unspecified atom stereocenters. The summed E-state index contributed by atoms with van der Waals surface area (Å²) in [5.74, 6) is 3.72. The van der Waals surface area contributed by atoms with Gasteiger partial charge in [0.15, 0.2) is 16.8 Å². The van der Waals surface area contributed by atoms with E-state index in [0.29, 0.717) is 110 Å². The van der Waals surface area contributed by atoms with Crippen LogP contribution in [0.1, 0.15) is 126 Å². The fraction of sp³-hybridized carbons (Fsp3) is 0.256. The molecule has 1 radical (unpaired) electrons. The van der Waals surface area contributed by atoms with Crippen molar-refractivity contribution in [3.63, 3.8) is 0 Å². The molecule has 0 amide bonds. The van der Waals surface area contributed by atoms with E-state index in [1.54, 1.807) is 16.0 Å². The molecule has 9 heterocycles. The number of para-hydroxylation sites is 2. The largest absolute Gasteiger partial charge is 2.00 e. The van der Waals surface area contributed by atoms with Gasteiger partial charge in [-0.2, -0.15) is 15.0 Å². The van der Waals surface area contributed by atoms with Crippen LogP contribution in [-0.2, 0) is 63.0 Å². The van der Waals surface area contributed by atoms with Gasteiger partial charge in [-0.3, -0.25) is 4.90 Å². The fourth-order valence-corrected chi connectivity index (χ4v) is 14.9. The zero-order valence-corrected chi connectivity index (χ0v) is 94.1. The van der Waals surface area contributed by atoms with Crippen molar-refractivity contribution in [2.24, 2.45) is 10.2 Å². The third kappa shape index (κ3) is 32.5. The van der Waals surface area contributed by atoms with Crippen LogP contribution >= 0.6 is 22.7 Å². The Morgan fingerprint density at radius 2 is 0.771 bits per heavy atom. The summed E-state index contributed by atoms with van der Waals surface area (Å²) in [5, 5.41) is 34.1. The summed E-state index contributed by atoms with van der Waals surface area (Å²) >= 11 is 3.12. The minimum Gasteiger partial charge on any atom is -0.748 e. The van der Waals surface area contributed by atoms with Gasteiger partial charge in [0.05, 0.1) is 95.6 Å². The number of anilines is 5. The molecule has 7 aromatic heterocycles. The van der Waals surface area contributed by atoms with Gasteiger partial charge >= 0.3 is 179 Å². The molecule has 0 fully saturated rings. The molecular formula is C90H96CuK2N18Na2O12S6. The Labute approximate surface area is 913 Å². The maximum atomic E-state index is 10.6. The number of aryl methyl sites for hydroxylation is 7. The predicted octanol–water partition coefficient (Wildman–Crippen LogP) is 8.33. The van der Waals surface area contributed by atoms with Crippen LogP contribution in [0.3, 0.4) is 0 Å². The Kier molecular flexibility index (Phi) is 47.6. The molecule has 2 aliphatic heterocycles. The summed E-state index contributed by atoms with van der Waals surface area (Å²) in [6.45, 7) is 36.8. The Bertz CT molecular complexity index is 6690. The third-order valence-electron chi connectivity index (χ3n) is 17.4. The van der Waals surface area contributed by atoms with E-state index >= 15 is 0 Å². The second-order valence-corrected chi connectivity index (χ2v) is 36.1. The minimum atomic E-state index is -3.92. The van der Waals surface area contributed by atoms with Crippen LogP contribution < -0.4 is 182 Å². The van der Waals surface area contributed by atoms with Crippen molar-refractivity contribution in [2.45, 2.75) is 130 Å². The smallest absolute Gasteiger partial charge is 0.748 e. The maximum absolute atomic E-state index is 10.6. The van der Waals surface area contributed by atoms with Gasteiger partial charge in [-0.1, -0.05) is 256 Å². The first-order chi connectivity index (χ1) is 59.5. The zero-order chi connectivity index (χ0) is 93.3. The normalized spacial score (nSPS) is 10.9. The number of hydrogen-bond donors (Lipinski definition) is 1. The molecule has 2 aliphatic rings. The number of azo groups is 1. The summed E-state index contributed by atoms with van der Waals surface area (Å²) in [6, 6.07) is 61.1. The van der Waals surface area contributed by atoms with Gasteiger partial charge in [-0.25, -0.2) is 58.6 Å². The van der Waals surface area contributed by atoms with Gasteiger partial charge in [-0.15, -0.1) is 10.2 Å². The number of nitriles is 1. The number of nitrogens with zero attached hydrogens (tertiary/aromatic N) is 17. The number of nitrogens with one attached hydrogen (secondary N) is 1. The molecule has 0 saturated carbocycles. The van der Waals surface area contributed by atoms with E-state index in [0.717, 1.165) is 109 Å². The molecule has 15 aromatic rings. The van der Waals surface area contributed by atoms with Gasteiger partial charge in [0.25, 0.3) is 0 Å². The molecule has 1 N–H and O–H groups in total.